The van der Waals surface area contributed by atoms with Gasteiger partial charge >= 0.3 is 0 Å². The van der Waals surface area contributed by atoms with Gasteiger partial charge in [0, 0.05) is 18.4 Å². The first-order valence-corrected chi connectivity index (χ1v) is 6.61. The molecule has 0 aliphatic rings. The largest absolute Gasteiger partial charge is 0.271 e. The molecule has 0 aromatic carbocycles. The number of hydrogen-bond acceptors (Lipinski definition) is 3. The summed E-state index contributed by atoms with van der Waals surface area (Å²) in [6.45, 7) is 4.54. The van der Waals surface area contributed by atoms with Crippen molar-refractivity contribution < 1.29 is 0 Å². The minimum absolute atomic E-state index is 0.421. The zero-order valence-corrected chi connectivity index (χ0v) is 11.0. The molecule has 1 rings (SSSR count). The topological polar surface area (TPSA) is 50.9 Å². The maximum atomic E-state index is 5.62. The van der Waals surface area contributed by atoms with Gasteiger partial charge in [0.05, 0.1) is 0 Å². The summed E-state index contributed by atoms with van der Waals surface area (Å²) in [5.74, 6) is 6.37. The van der Waals surface area contributed by atoms with Crippen LogP contribution in [0.4, 0.5) is 0 Å². The summed E-state index contributed by atoms with van der Waals surface area (Å²) in [7, 11) is 0. The Balaban J connectivity index is 2.32. The molecule has 3 nitrogen and oxygen atoms in total. The molecule has 0 saturated carbocycles. The number of aryl methyl sites for hydroxylation is 1. The number of rotatable bonds is 8. The molecular weight excluding hydrogens is 210 g/mol. The van der Waals surface area contributed by atoms with Gasteiger partial charge < -0.3 is 0 Å². The van der Waals surface area contributed by atoms with Crippen molar-refractivity contribution in [2.24, 2.45) is 11.8 Å². The molecule has 2 atom stereocenters. The highest BCUT2D eigenvalue weighted by molar-refractivity contribution is 5.09. The number of pyridine rings is 1. The van der Waals surface area contributed by atoms with Crippen LogP contribution in [0.5, 0.6) is 0 Å². The summed E-state index contributed by atoms with van der Waals surface area (Å²) >= 11 is 0. The number of nitrogens with zero attached hydrogens (tertiary/aromatic N) is 1. The van der Waals surface area contributed by atoms with Crippen LogP contribution in [0.25, 0.3) is 0 Å². The second-order valence-electron chi connectivity index (χ2n) is 4.89. The van der Waals surface area contributed by atoms with E-state index in [4.69, 9.17) is 5.84 Å². The Labute approximate surface area is 105 Å². The molecule has 3 N–H and O–H groups in total. The van der Waals surface area contributed by atoms with Gasteiger partial charge in [0.25, 0.3) is 0 Å². The molecule has 0 amide bonds. The number of hydrazine groups is 1. The molecule has 0 bridgehead atoms. The van der Waals surface area contributed by atoms with E-state index in [0.717, 1.165) is 25.2 Å². The molecule has 0 fully saturated rings. The summed E-state index contributed by atoms with van der Waals surface area (Å²) in [5.41, 5.74) is 4.28. The van der Waals surface area contributed by atoms with Crippen LogP contribution in [0.1, 0.15) is 45.1 Å². The number of hydrogen-bond donors (Lipinski definition) is 2. The van der Waals surface area contributed by atoms with Gasteiger partial charge in [0.2, 0.25) is 0 Å². The predicted molar refractivity (Wildman–Crippen MR) is 72.4 cm³/mol. The van der Waals surface area contributed by atoms with Crippen LogP contribution in [-0.2, 0) is 6.42 Å². The van der Waals surface area contributed by atoms with Crippen molar-refractivity contribution >= 4 is 0 Å². The fourth-order valence-electron chi connectivity index (χ4n) is 2.26. The molecule has 0 radical (unpaired) electrons. The van der Waals surface area contributed by atoms with Crippen LogP contribution in [0.2, 0.25) is 0 Å². The first kappa shape index (κ1) is 14.1. The van der Waals surface area contributed by atoms with Gasteiger partial charge in [-0.25, -0.2) is 0 Å². The highest BCUT2D eigenvalue weighted by Gasteiger charge is 2.11. The van der Waals surface area contributed by atoms with Gasteiger partial charge in [0.15, 0.2) is 0 Å². The van der Waals surface area contributed by atoms with Crippen LogP contribution < -0.4 is 11.3 Å². The van der Waals surface area contributed by atoms with E-state index < -0.39 is 0 Å². The van der Waals surface area contributed by atoms with Crippen LogP contribution in [0.3, 0.4) is 0 Å². The molecule has 2 unspecified atom stereocenters. The monoisotopic (exact) mass is 235 g/mol. The smallest absolute Gasteiger partial charge is 0.0270 e. The molecule has 0 aliphatic carbocycles. The Bertz CT molecular complexity index is 287. The summed E-state index contributed by atoms with van der Waals surface area (Å²) in [6, 6.07) is 4.57. The Hall–Kier alpha value is -0.930. The predicted octanol–water partition coefficient (Wildman–Crippen LogP) is 2.67. The molecule has 1 heterocycles. The maximum absolute atomic E-state index is 5.62. The van der Waals surface area contributed by atoms with E-state index >= 15 is 0 Å². The Kier molecular flexibility index (Phi) is 6.82. The minimum atomic E-state index is 0.421. The number of nitrogens with two attached hydrogens (primary N) is 1. The molecule has 3 heteroatoms. The average molecular weight is 235 g/mol. The van der Waals surface area contributed by atoms with Crippen molar-refractivity contribution in [2.75, 3.05) is 0 Å². The SMILES string of the molecule is CCCC(C)CC(CCc1ccncc1)NN. The summed E-state index contributed by atoms with van der Waals surface area (Å²) in [4.78, 5) is 4.03. The van der Waals surface area contributed by atoms with Gasteiger partial charge in [0.1, 0.15) is 0 Å². The van der Waals surface area contributed by atoms with E-state index in [-0.39, 0.29) is 0 Å². The third kappa shape index (κ3) is 5.80. The highest BCUT2D eigenvalue weighted by atomic mass is 15.2. The average Bonchev–Trinajstić information content (AvgIpc) is 2.36. The van der Waals surface area contributed by atoms with Gasteiger partial charge in [-0.15, -0.1) is 0 Å². The molecule has 0 spiro atoms. The lowest BCUT2D eigenvalue weighted by Crippen LogP contribution is -2.36. The van der Waals surface area contributed by atoms with E-state index in [9.17, 15) is 0 Å². The normalized spacial score (nSPS) is 14.5. The summed E-state index contributed by atoms with van der Waals surface area (Å²) in [5, 5.41) is 0. The fraction of sp³-hybridized carbons (Fsp3) is 0.643. The van der Waals surface area contributed by atoms with Gasteiger partial charge in [-0.1, -0.05) is 26.7 Å². The molecule has 0 aliphatic heterocycles. The van der Waals surface area contributed by atoms with E-state index in [1.807, 2.05) is 12.4 Å². The second-order valence-corrected chi connectivity index (χ2v) is 4.89. The molecule has 1 aromatic heterocycles. The van der Waals surface area contributed by atoms with E-state index in [1.165, 1.54) is 18.4 Å². The quantitative estimate of drug-likeness (QED) is 0.538. The number of nitrogens with one attached hydrogen (secondary N) is 1. The first-order chi connectivity index (χ1) is 8.26. The van der Waals surface area contributed by atoms with Gasteiger partial charge in [-0.2, -0.15) is 0 Å². The maximum Gasteiger partial charge on any atom is 0.0270 e. The van der Waals surface area contributed by atoms with E-state index in [0.29, 0.717) is 6.04 Å². The molecular formula is C14H25N3. The Morgan fingerprint density at radius 1 is 1.29 bits per heavy atom. The lowest BCUT2D eigenvalue weighted by atomic mass is 9.94. The van der Waals surface area contributed by atoms with Crippen LogP contribution in [0, 0.1) is 5.92 Å². The Morgan fingerprint density at radius 2 is 2.00 bits per heavy atom. The molecule has 0 saturated heterocycles. The highest BCUT2D eigenvalue weighted by Crippen LogP contribution is 2.15. The van der Waals surface area contributed by atoms with Crippen molar-refractivity contribution in [2.45, 2.75) is 52.0 Å². The first-order valence-electron chi connectivity index (χ1n) is 6.61. The van der Waals surface area contributed by atoms with Crippen molar-refractivity contribution in [1.82, 2.24) is 10.4 Å². The summed E-state index contributed by atoms with van der Waals surface area (Å²) < 4.78 is 0. The van der Waals surface area contributed by atoms with Crippen LogP contribution >= 0.6 is 0 Å². The lowest BCUT2D eigenvalue weighted by molar-refractivity contribution is 0.371. The zero-order chi connectivity index (χ0) is 12.5. The molecule has 96 valence electrons. The number of aromatic nitrogens is 1. The van der Waals surface area contributed by atoms with Gasteiger partial charge in [-0.05, 0) is 42.9 Å². The fourth-order valence-corrected chi connectivity index (χ4v) is 2.26. The third-order valence-electron chi connectivity index (χ3n) is 3.23. The van der Waals surface area contributed by atoms with Crippen LogP contribution in [0.15, 0.2) is 24.5 Å². The standard InChI is InChI=1S/C14H25N3/c1-3-4-12(2)11-14(17-15)6-5-13-7-9-16-10-8-13/h7-10,12,14,17H,3-6,11,15H2,1-2H3. The second kappa shape index (κ2) is 8.20. The summed E-state index contributed by atoms with van der Waals surface area (Å²) in [6.07, 6.45) is 9.55. The zero-order valence-electron chi connectivity index (χ0n) is 11.0. The van der Waals surface area contributed by atoms with Crippen molar-refractivity contribution in [1.29, 1.82) is 0 Å². The molecule has 17 heavy (non-hydrogen) atoms. The minimum Gasteiger partial charge on any atom is -0.271 e. The van der Waals surface area contributed by atoms with E-state index in [2.05, 4.69) is 36.4 Å². The van der Waals surface area contributed by atoms with Crippen LogP contribution in [-0.4, -0.2) is 11.0 Å². The third-order valence-corrected chi connectivity index (χ3v) is 3.23. The molecule has 1 aromatic rings. The van der Waals surface area contributed by atoms with Crippen molar-refractivity contribution in [3.63, 3.8) is 0 Å². The van der Waals surface area contributed by atoms with Crippen molar-refractivity contribution in [3.8, 4) is 0 Å². The van der Waals surface area contributed by atoms with Gasteiger partial charge in [-0.3, -0.25) is 16.3 Å². The van der Waals surface area contributed by atoms with Crippen molar-refractivity contribution in [3.05, 3.63) is 30.1 Å². The lowest BCUT2D eigenvalue weighted by Gasteiger charge is -2.20. The van der Waals surface area contributed by atoms with E-state index in [1.54, 1.807) is 0 Å². The Morgan fingerprint density at radius 3 is 2.59 bits per heavy atom.